The van der Waals surface area contributed by atoms with Crippen LogP contribution < -0.4 is 5.32 Å². The number of sulfone groups is 1. The molecule has 5 rings (SSSR count). The van der Waals surface area contributed by atoms with Crippen LogP contribution in [0.25, 0.3) is 28.0 Å². The zero-order chi connectivity index (χ0) is 23.0. The summed E-state index contributed by atoms with van der Waals surface area (Å²) in [5.74, 6) is 0.119. The van der Waals surface area contributed by atoms with Gasteiger partial charge in [-0.25, -0.2) is 18.4 Å². The quantitative estimate of drug-likeness (QED) is 0.493. The molecule has 1 aliphatic heterocycles. The van der Waals surface area contributed by atoms with E-state index in [-0.39, 0.29) is 16.9 Å². The topological polar surface area (TPSA) is 110 Å². The first-order valence-electron chi connectivity index (χ1n) is 10.5. The summed E-state index contributed by atoms with van der Waals surface area (Å²) in [6, 6.07) is 14.6. The molecule has 1 aliphatic rings. The maximum Gasteiger partial charge on any atom is 0.254 e. The van der Waals surface area contributed by atoms with E-state index in [2.05, 4.69) is 20.4 Å². The van der Waals surface area contributed by atoms with E-state index < -0.39 is 9.84 Å². The summed E-state index contributed by atoms with van der Waals surface area (Å²) in [5, 5.41) is 7.89. The minimum absolute atomic E-state index is 0.0746. The average Bonchev–Trinajstić information content (AvgIpc) is 3.24. The predicted molar refractivity (Wildman–Crippen MR) is 124 cm³/mol. The Kier molecular flexibility index (Phi) is 5.39. The fourth-order valence-corrected chi connectivity index (χ4v) is 4.71. The lowest BCUT2D eigenvalue weighted by molar-refractivity contribution is 0.0736. The monoisotopic (exact) mass is 462 g/mol. The standard InChI is InChI=1S/C23H22N6O3S/c1-33(31,32)21-19-8-7-17(22(30)28-11-9-24-10-12-28)13-20(19)29(27-21)23-25-14-18(15-26-23)16-5-3-2-4-6-16/h2-8,13-15,24H,9-12H2,1H3. The van der Waals surface area contributed by atoms with Crippen molar-refractivity contribution in [1.29, 1.82) is 0 Å². The molecule has 1 saturated heterocycles. The first kappa shape index (κ1) is 21.2. The van der Waals surface area contributed by atoms with Crippen molar-refractivity contribution in [2.24, 2.45) is 0 Å². The molecule has 1 N–H and O–H groups in total. The highest BCUT2D eigenvalue weighted by Gasteiger charge is 2.24. The van der Waals surface area contributed by atoms with E-state index in [0.717, 1.165) is 30.5 Å². The first-order chi connectivity index (χ1) is 15.9. The van der Waals surface area contributed by atoms with Crippen LogP contribution in [-0.4, -0.2) is 71.4 Å². The molecule has 9 nitrogen and oxygen atoms in total. The lowest BCUT2D eigenvalue weighted by Gasteiger charge is -2.27. The Morgan fingerprint density at radius 1 is 0.970 bits per heavy atom. The van der Waals surface area contributed by atoms with Crippen molar-refractivity contribution in [2.45, 2.75) is 5.03 Å². The van der Waals surface area contributed by atoms with E-state index in [0.29, 0.717) is 29.6 Å². The molecule has 10 heteroatoms. The number of aromatic nitrogens is 4. The number of rotatable bonds is 4. The van der Waals surface area contributed by atoms with E-state index in [1.165, 1.54) is 4.68 Å². The summed E-state index contributed by atoms with van der Waals surface area (Å²) in [7, 11) is -3.61. The van der Waals surface area contributed by atoms with Crippen molar-refractivity contribution in [3.05, 3.63) is 66.5 Å². The maximum atomic E-state index is 13.0. The number of piperazine rings is 1. The van der Waals surface area contributed by atoms with Gasteiger partial charge < -0.3 is 10.2 Å². The Morgan fingerprint density at radius 2 is 1.67 bits per heavy atom. The molecule has 1 amide bonds. The third kappa shape index (κ3) is 4.10. The lowest BCUT2D eigenvalue weighted by Crippen LogP contribution is -2.46. The molecule has 0 atom stereocenters. The van der Waals surface area contributed by atoms with Gasteiger partial charge in [0.15, 0.2) is 14.9 Å². The van der Waals surface area contributed by atoms with Gasteiger partial charge in [-0.1, -0.05) is 30.3 Å². The van der Waals surface area contributed by atoms with Crippen LogP contribution in [0.15, 0.2) is 66.0 Å². The number of hydrogen-bond acceptors (Lipinski definition) is 7. The van der Waals surface area contributed by atoms with Crippen molar-refractivity contribution >= 4 is 26.6 Å². The zero-order valence-electron chi connectivity index (χ0n) is 18.0. The maximum absolute atomic E-state index is 13.0. The van der Waals surface area contributed by atoms with E-state index in [1.807, 2.05) is 30.3 Å². The molecule has 0 bridgehead atoms. The van der Waals surface area contributed by atoms with E-state index in [9.17, 15) is 13.2 Å². The van der Waals surface area contributed by atoms with Gasteiger partial charge in [-0.2, -0.15) is 9.78 Å². The molecule has 2 aromatic heterocycles. The fraction of sp³-hybridized carbons (Fsp3) is 0.217. The molecule has 0 saturated carbocycles. The minimum Gasteiger partial charge on any atom is -0.336 e. The predicted octanol–water partition coefficient (Wildman–Crippen LogP) is 1.93. The molecular formula is C23H22N6O3S. The van der Waals surface area contributed by atoms with E-state index >= 15 is 0 Å². The number of fused-ring (bicyclic) bond motifs is 1. The third-order valence-corrected chi connectivity index (χ3v) is 6.59. The molecule has 33 heavy (non-hydrogen) atoms. The summed E-state index contributed by atoms with van der Waals surface area (Å²) in [4.78, 5) is 23.6. The minimum atomic E-state index is -3.61. The number of carbonyl (C=O) groups is 1. The van der Waals surface area contributed by atoms with Crippen LogP contribution in [-0.2, 0) is 9.84 Å². The number of nitrogens with one attached hydrogen (secondary N) is 1. The summed E-state index contributed by atoms with van der Waals surface area (Å²) in [5.41, 5.74) is 2.72. The second-order valence-electron chi connectivity index (χ2n) is 7.90. The first-order valence-corrected chi connectivity index (χ1v) is 12.4. The highest BCUT2D eigenvalue weighted by Crippen LogP contribution is 2.26. The van der Waals surface area contributed by atoms with Crippen LogP contribution in [0.3, 0.4) is 0 Å². The van der Waals surface area contributed by atoms with Crippen molar-refractivity contribution in [3.8, 4) is 17.1 Å². The molecule has 0 spiro atoms. The van der Waals surface area contributed by atoms with Gasteiger partial charge in [0.25, 0.3) is 11.9 Å². The van der Waals surface area contributed by atoms with Crippen molar-refractivity contribution in [3.63, 3.8) is 0 Å². The molecule has 0 radical (unpaired) electrons. The van der Waals surface area contributed by atoms with Crippen molar-refractivity contribution in [1.82, 2.24) is 30.0 Å². The van der Waals surface area contributed by atoms with Gasteiger partial charge in [0.2, 0.25) is 0 Å². The van der Waals surface area contributed by atoms with Gasteiger partial charge in [-0.05, 0) is 23.8 Å². The Bertz CT molecular complexity index is 1430. The number of amides is 1. The molecule has 0 aliphatic carbocycles. The summed E-state index contributed by atoms with van der Waals surface area (Å²) in [6.45, 7) is 2.72. The fourth-order valence-electron chi connectivity index (χ4n) is 3.91. The summed E-state index contributed by atoms with van der Waals surface area (Å²) in [6.07, 6.45) is 4.44. The largest absolute Gasteiger partial charge is 0.336 e. The van der Waals surface area contributed by atoms with Gasteiger partial charge in [-0.15, -0.1) is 0 Å². The van der Waals surface area contributed by atoms with Gasteiger partial charge in [-0.3, -0.25) is 4.79 Å². The van der Waals surface area contributed by atoms with Crippen LogP contribution in [0, 0.1) is 0 Å². The second kappa shape index (κ2) is 8.38. The van der Waals surface area contributed by atoms with Crippen LogP contribution in [0.4, 0.5) is 0 Å². The van der Waals surface area contributed by atoms with E-state index in [4.69, 9.17) is 0 Å². The molecule has 4 aromatic rings. The Labute approximate surface area is 191 Å². The third-order valence-electron chi connectivity index (χ3n) is 5.58. The summed E-state index contributed by atoms with van der Waals surface area (Å²) < 4.78 is 26.2. The Hall–Kier alpha value is -3.63. The SMILES string of the molecule is CS(=O)(=O)c1nn(-c2ncc(-c3ccccc3)cn2)c2cc(C(=O)N3CCNCC3)ccc12. The second-order valence-corrected chi connectivity index (χ2v) is 9.83. The van der Waals surface area contributed by atoms with Crippen LogP contribution in [0.2, 0.25) is 0 Å². The average molecular weight is 463 g/mol. The van der Waals surface area contributed by atoms with Crippen LogP contribution >= 0.6 is 0 Å². The highest BCUT2D eigenvalue weighted by atomic mass is 32.2. The Morgan fingerprint density at radius 3 is 2.33 bits per heavy atom. The van der Waals surface area contributed by atoms with Gasteiger partial charge in [0, 0.05) is 61.3 Å². The number of hydrogen-bond donors (Lipinski definition) is 1. The molecule has 0 unspecified atom stereocenters. The molecule has 1 fully saturated rings. The Balaban J connectivity index is 1.60. The molecule has 2 aromatic carbocycles. The number of benzene rings is 2. The van der Waals surface area contributed by atoms with Crippen LogP contribution in [0.1, 0.15) is 10.4 Å². The molecular weight excluding hydrogens is 440 g/mol. The van der Waals surface area contributed by atoms with Crippen molar-refractivity contribution < 1.29 is 13.2 Å². The smallest absolute Gasteiger partial charge is 0.254 e. The zero-order valence-corrected chi connectivity index (χ0v) is 18.8. The van der Waals surface area contributed by atoms with Crippen molar-refractivity contribution in [2.75, 3.05) is 32.4 Å². The van der Waals surface area contributed by atoms with E-state index in [1.54, 1.807) is 35.5 Å². The van der Waals surface area contributed by atoms with Gasteiger partial charge in [0.05, 0.1) is 5.52 Å². The number of carbonyl (C=O) groups excluding carboxylic acids is 1. The summed E-state index contributed by atoms with van der Waals surface area (Å²) >= 11 is 0. The van der Waals surface area contributed by atoms with Gasteiger partial charge >= 0.3 is 0 Å². The highest BCUT2D eigenvalue weighted by molar-refractivity contribution is 7.90. The van der Waals surface area contributed by atoms with Gasteiger partial charge in [0.1, 0.15) is 0 Å². The normalized spacial score (nSPS) is 14.5. The molecule has 3 heterocycles. The van der Waals surface area contributed by atoms with Crippen LogP contribution in [0.5, 0.6) is 0 Å². The number of nitrogens with zero attached hydrogens (tertiary/aromatic N) is 5. The molecule has 168 valence electrons. The lowest BCUT2D eigenvalue weighted by atomic mass is 10.1.